The zero-order valence-corrected chi connectivity index (χ0v) is 9.86. The van der Waals surface area contributed by atoms with E-state index < -0.39 is 10.7 Å². The molecule has 0 atom stereocenters. The summed E-state index contributed by atoms with van der Waals surface area (Å²) in [5, 5.41) is 9.96. The van der Waals surface area contributed by atoms with Gasteiger partial charge in [-0.3, -0.25) is 9.20 Å². The SMILES string of the molecule is CC(C)(Sc1cccc2nccn12)C(=O)O. The maximum absolute atomic E-state index is 11.1. The first-order chi connectivity index (χ1) is 7.50. The summed E-state index contributed by atoms with van der Waals surface area (Å²) in [5.74, 6) is -0.824. The third-order valence-electron chi connectivity index (χ3n) is 2.27. The summed E-state index contributed by atoms with van der Waals surface area (Å²) in [5.41, 5.74) is 0.825. The van der Waals surface area contributed by atoms with Crippen molar-refractivity contribution in [2.45, 2.75) is 23.6 Å². The van der Waals surface area contributed by atoms with E-state index in [1.54, 1.807) is 20.0 Å². The Kier molecular flexibility index (Phi) is 2.63. The van der Waals surface area contributed by atoms with Crippen LogP contribution in [-0.4, -0.2) is 25.2 Å². The minimum absolute atomic E-state index is 0.824. The average molecular weight is 236 g/mol. The topological polar surface area (TPSA) is 54.6 Å². The van der Waals surface area contributed by atoms with E-state index >= 15 is 0 Å². The number of hydrogen-bond acceptors (Lipinski definition) is 3. The van der Waals surface area contributed by atoms with Gasteiger partial charge in [-0.1, -0.05) is 17.8 Å². The predicted molar refractivity (Wildman–Crippen MR) is 62.8 cm³/mol. The Morgan fingerprint density at radius 1 is 1.50 bits per heavy atom. The molecule has 84 valence electrons. The lowest BCUT2D eigenvalue weighted by Crippen LogP contribution is -2.27. The van der Waals surface area contributed by atoms with Gasteiger partial charge in [-0.2, -0.15) is 0 Å². The number of rotatable bonds is 3. The number of carboxylic acid groups (broad SMARTS) is 1. The first kappa shape index (κ1) is 11.0. The normalized spacial score (nSPS) is 11.9. The maximum Gasteiger partial charge on any atom is 0.319 e. The fourth-order valence-corrected chi connectivity index (χ4v) is 2.32. The number of imidazole rings is 1. The number of pyridine rings is 1. The highest BCUT2D eigenvalue weighted by molar-refractivity contribution is 8.01. The number of thioether (sulfide) groups is 1. The number of carbonyl (C=O) groups is 1. The van der Waals surface area contributed by atoms with Crippen LogP contribution >= 0.6 is 11.8 Å². The van der Waals surface area contributed by atoms with Gasteiger partial charge >= 0.3 is 5.97 Å². The minimum Gasteiger partial charge on any atom is -0.480 e. The van der Waals surface area contributed by atoms with Gasteiger partial charge in [0.1, 0.15) is 10.4 Å². The Morgan fingerprint density at radius 2 is 2.25 bits per heavy atom. The average Bonchev–Trinajstić information content (AvgIpc) is 2.65. The number of aliphatic carboxylic acids is 1. The van der Waals surface area contributed by atoms with E-state index in [1.165, 1.54) is 11.8 Å². The quantitative estimate of drug-likeness (QED) is 0.831. The summed E-state index contributed by atoms with van der Waals surface area (Å²) >= 11 is 1.31. The highest BCUT2D eigenvalue weighted by Gasteiger charge is 2.29. The van der Waals surface area contributed by atoms with E-state index in [2.05, 4.69) is 4.98 Å². The molecule has 1 N–H and O–H groups in total. The van der Waals surface area contributed by atoms with Crippen molar-refractivity contribution in [3.05, 3.63) is 30.6 Å². The standard InChI is InChI=1S/C11H12N2O2S/c1-11(2,10(14)15)16-9-5-3-4-8-12-6-7-13(8)9/h3-7H,1-2H3,(H,14,15). The molecule has 0 aliphatic carbocycles. The molecule has 2 rings (SSSR count). The summed E-state index contributed by atoms with van der Waals surface area (Å²) in [7, 11) is 0. The van der Waals surface area contributed by atoms with Crippen LogP contribution in [-0.2, 0) is 4.79 Å². The van der Waals surface area contributed by atoms with E-state index in [0.29, 0.717) is 0 Å². The Hall–Kier alpha value is -1.49. The van der Waals surface area contributed by atoms with E-state index in [1.807, 2.05) is 28.8 Å². The van der Waals surface area contributed by atoms with Crippen molar-refractivity contribution in [3.8, 4) is 0 Å². The maximum atomic E-state index is 11.1. The zero-order chi connectivity index (χ0) is 11.8. The second-order valence-electron chi connectivity index (χ2n) is 3.94. The van der Waals surface area contributed by atoms with E-state index in [9.17, 15) is 4.79 Å². The molecule has 0 aromatic carbocycles. The molecule has 16 heavy (non-hydrogen) atoms. The fraction of sp³-hybridized carbons (Fsp3) is 0.273. The molecule has 4 nitrogen and oxygen atoms in total. The molecule has 2 aromatic rings. The van der Waals surface area contributed by atoms with Gasteiger partial charge in [-0.15, -0.1) is 0 Å². The van der Waals surface area contributed by atoms with Crippen LogP contribution in [0, 0.1) is 0 Å². The highest BCUT2D eigenvalue weighted by Crippen LogP contribution is 2.32. The van der Waals surface area contributed by atoms with Gasteiger partial charge in [0.05, 0.1) is 5.03 Å². The molecule has 0 saturated heterocycles. The summed E-state index contributed by atoms with van der Waals surface area (Å²) in [4.78, 5) is 15.2. The number of fused-ring (bicyclic) bond motifs is 1. The number of aromatic nitrogens is 2. The van der Waals surface area contributed by atoms with Gasteiger partial charge in [0.15, 0.2) is 0 Å². The molecular weight excluding hydrogens is 224 g/mol. The first-order valence-corrected chi connectivity index (χ1v) is 5.67. The van der Waals surface area contributed by atoms with Gasteiger partial charge < -0.3 is 5.11 Å². The van der Waals surface area contributed by atoms with Gasteiger partial charge in [-0.05, 0) is 26.0 Å². The molecule has 0 fully saturated rings. The predicted octanol–water partition coefficient (Wildman–Crippen LogP) is 2.29. The van der Waals surface area contributed by atoms with Crippen molar-refractivity contribution < 1.29 is 9.90 Å². The molecule has 0 amide bonds. The second kappa shape index (κ2) is 3.83. The summed E-state index contributed by atoms with van der Waals surface area (Å²) in [6, 6.07) is 5.66. The largest absolute Gasteiger partial charge is 0.480 e. The lowest BCUT2D eigenvalue weighted by Gasteiger charge is -2.18. The fourth-order valence-electron chi connectivity index (χ4n) is 1.31. The van der Waals surface area contributed by atoms with Crippen molar-refractivity contribution in [1.82, 2.24) is 9.38 Å². The van der Waals surface area contributed by atoms with Crippen LogP contribution in [0.4, 0.5) is 0 Å². The van der Waals surface area contributed by atoms with Gasteiger partial charge in [0.2, 0.25) is 0 Å². The molecule has 0 aliphatic heterocycles. The van der Waals surface area contributed by atoms with E-state index in [-0.39, 0.29) is 0 Å². The second-order valence-corrected chi connectivity index (χ2v) is 5.58. The molecule has 0 bridgehead atoms. The Morgan fingerprint density at radius 3 is 2.94 bits per heavy atom. The monoisotopic (exact) mass is 236 g/mol. The van der Waals surface area contributed by atoms with Gasteiger partial charge in [-0.25, -0.2) is 4.98 Å². The number of carboxylic acids is 1. The third-order valence-corrected chi connectivity index (χ3v) is 3.49. The molecule has 0 saturated carbocycles. The summed E-state index contributed by atoms with van der Waals surface area (Å²) in [6.07, 6.45) is 3.53. The van der Waals surface area contributed by atoms with E-state index in [0.717, 1.165) is 10.7 Å². The highest BCUT2D eigenvalue weighted by atomic mass is 32.2. The Labute approximate surface area is 97.3 Å². The van der Waals surface area contributed by atoms with Crippen molar-refractivity contribution in [2.75, 3.05) is 0 Å². The Bertz CT molecular complexity index is 534. The molecule has 2 aromatic heterocycles. The zero-order valence-electron chi connectivity index (χ0n) is 9.04. The molecule has 0 spiro atoms. The minimum atomic E-state index is -0.849. The van der Waals surface area contributed by atoms with Crippen molar-refractivity contribution in [2.24, 2.45) is 0 Å². The number of hydrogen-bond donors (Lipinski definition) is 1. The first-order valence-electron chi connectivity index (χ1n) is 4.85. The van der Waals surface area contributed by atoms with Crippen molar-refractivity contribution >= 4 is 23.4 Å². The van der Waals surface area contributed by atoms with Crippen molar-refractivity contribution in [1.29, 1.82) is 0 Å². The lowest BCUT2D eigenvalue weighted by atomic mass is 10.2. The number of nitrogens with zero attached hydrogens (tertiary/aromatic N) is 2. The van der Waals surface area contributed by atoms with Gasteiger partial charge in [0, 0.05) is 12.4 Å². The molecule has 0 aliphatic rings. The van der Waals surface area contributed by atoms with Gasteiger partial charge in [0.25, 0.3) is 0 Å². The molecule has 5 heteroatoms. The summed E-state index contributed by atoms with van der Waals surface area (Å²) in [6.45, 7) is 3.38. The van der Waals surface area contributed by atoms with Crippen LogP contribution in [0.1, 0.15) is 13.8 Å². The Balaban J connectivity index is 2.41. The smallest absolute Gasteiger partial charge is 0.319 e. The molecule has 2 heterocycles. The van der Waals surface area contributed by atoms with Crippen LogP contribution < -0.4 is 0 Å². The molecular formula is C11H12N2O2S. The van der Waals surface area contributed by atoms with Crippen LogP contribution in [0.25, 0.3) is 5.65 Å². The molecule has 0 unspecified atom stereocenters. The van der Waals surface area contributed by atoms with E-state index in [4.69, 9.17) is 5.11 Å². The third kappa shape index (κ3) is 1.90. The van der Waals surface area contributed by atoms with Crippen molar-refractivity contribution in [3.63, 3.8) is 0 Å². The van der Waals surface area contributed by atoms with Crippen LogP contribution in [0.5, 0.6) is 0 Å². The lowest BCUT2D eigenvalue weighted by molar-refractivity contribution is -0.138. The molecule has 0 radical (unpaired) electrons. The summed E-state index contributed by atoms with van der Waals surface area (Å²) < 4.78 is 1.04. The van der Waals surface area contributed by atoms with Crippen LogP contribution in [0.3, 0.4) is 0 Å². The van der Waals surface area contributed by atoms with Crippen LogP contribution in [0.2, 0.25) is 0 Å². The van der Waals surface area contributed by atoms with Crippen LogP contribution in [0.15, 0.2) is 35.6 Å².